The Balaban J connectivity index is 0.000000850. The van der Waals surface area contributed by atoms with E-state index in [9.17, 15) is 14.3 Å². The summed E-state index contributed by atoms with van der Waals surface area (Å²) in [5.74, 6) is -1.98. The minimum absolute atomic E-state index is 0.118. The molecule has 0 unspecified atom stereocenters. The van der Waals surface area contributed by atoms with Crippen LogP contribution in [0.4, 0.5) is 14.5 Å². The molecule has 3 aromatic rings. The zero-order valence-corrected chi connectivity index (χ0v) is 24.8. The molecule has 0 atom stereocenters. The van der Waals surface area contributed by atoms with Gasteiger partial charge in [-0.1, -0.05) is 26.0 Å². The molecule has 41 heavy (non-hydrogen) atoms. The number of piperidine rings is 1. The maximum Gasteiger partial charge on any atom is 0.307 e. The van der Waals surface area contributed by atoms with E-state index in [0.717, 1.165) is 37.2 Å². The number of carboxylic acids is 1. The van der Waals surface area contributed by atoms with Gasteiger partial charge in [-0.15, -0.1) is 0 Å². The summed E-state index contributed by atoms with van der Waals surface area (Å²) in [5.41, 5.74) is 3.82. The first-order chi connectivity index (χ1) is 19.1. The van der Waals surface area contributed by atoms with Crippen LogP contribution in [0.1, 0.15) is 64.3 Å². The standard InChI is InChI=1S/C28H31F2N3O3.C4H10O/c1-18-22(15-25(34)35)26(33-11-9-28(2,3)10-12-33)23(17-31-18)20-14-24(30)27(32-16-20)36-13-8-19-4-6-21(29)7-5-19;1-4(2,3)5/h4-7,14,16-17H,8-13,15H2,1-3H3,(H,34,35);5H,1-3H3. The fourth-order valence-corrected chi connectivity index (χ4v) is 4.50. The average Bonchev–Trinajstić information content (AvgIpc) is 2.86. The second-order valence-corrected chi connectivity index (χ2v) is 12.2. The lowest BCUT2D eigenvalue weighted by Gasteiger charge is -2.40. The summed E-state index contributed by atoms with van der Waals surface area (Å²) in [7, 11) is 0. The third-order valence-corrected chi connectivity index (χ3v) is 6.79. The minimum Gasteiger partial charge on any atom is -0.481 e. The van der Waals surface area contributed by atoms with Gasteiger partial charge in [0.1, 0.15) is 5.82 Å². The van der Waals surface area contributed by atoms with Crippen LogP contribution in [0.25, 0.3) is 11.1 Å². The summed E-state index contributed by atoms with van der Waals surface area (Å²) in [5, 5.41) is 18.1. The number of hydrogen-bond acceptors (Lipinski definition) is 6. The zero-order chi connectivity index (χ0) is 30.4. The van der Waals surface area contributed by atoms with Crippen molar-refractivity contribution in [1.82, 2.24) is 9.97 Å². The van der Waals surface area contributed by atoms with Crippen molar-refractivity contribution in [2.45, 2.75) is 72.8 Å². The molecule has 1 aliphatic heterocycles. The summed E-state index contributed by atoms with van der Waals surface area (Å²) in [6.07, 6.45) is 5.45. The second kappa shape index (κ2) is 13.4. The van der Waals surface area contributed by atoms with Gasteiger partial charge in [-0.25, -0.2) is 13.8 Å². The molecule has 0 bridgehead atoms. The van der Waals surface area contributed by atoms with Crippen LogP contribution in [0.15, 0.2) is 42.7 Å². The molecule has 7 nitrogen and oxygen atoms in total. The van der Waals surface area contributed by atoms with Gasteiger partial charge in [0.25, 0.3) is 0 Å². The molecule has 2 N–H and O–H groups in total. The van der Waals surface area contributed by atoms with Crippen LogP contribution >= 0.6 is 0 Å². The number of pyridine rings is 2. The predicted molar refractivity (Wildman–Crippen MR) is 156 cm³/mol. The Morgan fingerprint density at radius 1 is 1.07 bits per heavy atom. The van der Waals surface area contributed by atoms with Crippen LogP contribution in [0.2, 0.25) is 0 Å². The summed E-state index contributed by atoms with van der Waals surface area (Å²) >= 11 is 0. The van der Waals surface area contributed by atoms with Crippen LogP contribution in [0.3, 0.4) is 0 Å². The van der Waals surface area contributed by atoms with E-state index in [1.54, 1.807) is 46.0 Å². The van der Waals surface area contributed by atoms with Crippen molar-refractivity contribution in [2.75, 3.05) is 24.6 Å². The number of aliphatic carboxylic acids is 1. The van der Waals surface area contributed by atoms with Gasteiger partial charge in [0.15, 0.2) is 5.82 Å². The van der Waals surface area contributed by atoms with E-state index in [2.05, 4.69) is 28.7 Å². The van der Waals surface area contributed by atoms with Crippen LogP contribution in [-0.2, 0) is 17.6 Å². The Hall–Kier alpha value is -3.59. The lowest BCUT2D eigenvalue weighted by Crippen LogP contribution is -2.38. The number of halogens is 2. The molecule has 0 saturated carbocycles. The Morgan fingerprint density at radius 3 is 2.24 bits per heavy atom. The van der Waals surface area contributed by atoms with Gasteiger partial charge >= 0.3 is 5.97 Å². The van der Waals surface area contributed by atoms with Gasteiger partial charge in [-0.2, -0.15) is 0 Å². The average molecular weight is 570 g/mol. The molecule has 1 fully saturated rings. The SMILES string of the molecule is CC(C)(C)O.Cc1ncc(-c2cnc(OCCc3ccc(F)cc3)c(F)c2)c(N2CCC(C)(C)CC2)c1CC(=O)O. The number of carboxylic acid groups (broad SMARTS) is 1. The normalized spacial score (nSPS) is 14.7. The van der Waals surface area contributed by atoms with Crippen LogP contribution in [0, 0.1) is 24.0 Å². The van der Waals surface area contributed by atoms with E-state index in [-0.39, 0.29) is 30.1 Å². The molecule has 4 rings (SSSR count). The molecule has 2 aromatic heterocycles. The number of ether oxygens (including phenoxy) is 1. The molecule has 0 aliphatic carbocycles. The number of aliphatic hydroxyl groups is 1. The molecule has 3 heterocycles. The minimum atomic E-state index is -0.940. The van der Waals surface area contributed by atoms with Gasteiger partial charge in [0.05, 0.1) is 24.3 Å². The van der Waals surface area contributed by atoms with Crippen molar-refractivity contribution < 1.29 is 28.5 Å². The number of aromatic nitrogens is 2. The first-order valence-corrected chi connectivity index (χ1v) is 13.8. The van der Waals surface area contributed by atoms with E-state index < -0.39 is 17.4 Å². The highest BCUT2D eigenvalue weighted by molar-refractivity contribution is 5.84. The third-order valence-electron chi connectivity index (χ3n) is 6.79. The number of carbonyl (C=O) groups is 1. The van der Waals surface area contributed by atoms with Crippen molar-refractivity contribution >= 4 is 11.7 Å². The van der Waals surface area contributed by atoms with E-state index in [4.69, 9.17) is 9.84 Å². The number of nitrogens with zero attached hydrogens (tertiary/aromatic N) is 3. The van der Waals surface area contributed by atoms with Gasteiger partial charge in [-0.3, -0.25) is 9.78 Å². The molecule has 0 spiro atoms. The molecule has 0 amide bonds. The third kappa shape index (κ3) is 9.78. The van der Waals surface area contributed by atoms with Gasteiger partial charge in [0.2, 0.25) is 5.88 Å². The van der Waals surface area contributed by atoms with Crippen molar-refractivity contribution in [3.8, 4) is 17.0 Å². The summed E-state index contributed by atoms with van der Waals surface area (Å²) in [6, 6.07) is 7.42. The molecule has 1 saturated heterocycles. The van der Waals surface area contributed by atoms with Gasteiger partial charge < -0.3 is 19.8 Å². The monoisotopic (exact) mass is 569 g/mol. The largest absolute Gasteiger partial charge is 0.481 e. The number of aryl methyl sites for hydroxylation is 1. The summed E-state index contributed by atoms with van der Waals surface area (Å²) < 4.78 is 33.6. The quantitative estimate of drug-likeness (QED) is 0.325. The van der Waals surface area contributed by atoms with E-state index in [0.29, 0.717) is 28.8 Å². The van der Waals surface area contributed by atoms with Crippen molar-refractivity contribution in [3.05, 3.63) is 71.2 Å². The second-order valence-electron chi connectivity index (χ2n) is 12.2. The molecule has 1 aromatic carbocycles. The Morgan fingerprint density at radius 2 is 1.68 bits per heavy atom. The summed E-state index contributed by atoms with van der Waals surface area (Å²) in [4.78, 5) is 22.5. The fourth-order valence-electron chi connectivity index (χ4n) is 4.50. The molecular formula is C32H41F2N3O4. The Labute approximate surface area is 241 Å². The van der Waals surface area contributed by atoms with Crippen molar-refractivity contribution in [1.29, 1.82) is 0 Å². The first kappa shape index (κ1) is 31.9. The maximum absolute atomic E-state index is 15.0. The molecular weight excluding hydrogens is 528 g/mol. The highest BCUT2D eigenvalue weighted by Gasteiger charge is 2.29. The number of benzene rings is 1. The predicted octanol–water partition coefficient (Wildman–Crippen LogP) is 6.38. The van der Waals surface area contributed by atoms with Crippen LogP contribution < -0.4 is 9.64 Å². The van der Waals surface area contributed by atoms with Crippen LogP contribution in [-0.4, -0.2) is 51.4 Å². The number of rotatable bonds is 8. The number of anilines is 1. The highest BCUT2D eigenvalue weighted by atomic mass is 19.1. The number of hydrogen-bond donors (Lipinski definition) is 2. The smallest absolute Gasteiger partial charge is 0.307 e. The maximum atomic E-state index is 15.0. The highest BCUT2D eigenvalue weighted by Crippen LogP contribution is 2.40. The molecule has 222 valence electrons. The zero-order valence-electron chi connectivity index (χ0n) is 24.8. The lowest BCUT2D eigenvalue weighted by molar-refractivity contribution is -0.136. The van der Waals surface area contributed by atoms with E-state index in [1.807, 2.05) is 0 Å². The molecule has 1 aliphatic rings. The van der Waals surface area contributed by atoms with E-state index in [1.165, 1.54) is 24.4 Å². The molecule has 0 radical (unpaired) electrons. The van der Waals surface area contributed by atoms with Crippen molar-refractivity contribution in [2.24, 2.45) is 5.41 Å². The lowest BCUT2D eigenvalue weighted by atomic mass is 9.82. The Kier molecular flexibility index (Phi) is 10.4. The molecule has 9 heteroatoms. The Bertz CT molecular complexity index is 1320. The fraction of sp³-hybridized carbons (Fsp3) is 0.469. The summed E-state index contributed by atoms with van der Waals surface area (Å²) in [6.45, 7) is 13.2. The topological polar surface area (TPSA) is 95.8 Å². The van der Waals surface area contributed by atoms with Gasteiger partial charge in [-0.05, 0) is 69.7 Å². The van der Waals surface area contributed by atoms with E-state index >= 15 is 4.39 Å². The van der Waals surface area contributed by atoms with Crippen LogP contribution in [0.5, 0.6) is 5.88 Å². The first-order valence-electron chi connectivity index (χ1n) is 13.8. The van der Waals surface area contributed by atoms with Gasteiger partial charge in [0, 0.05) is 54.3 Å². The van der Waals surface area contributed by atoms with Crippen molar-refractivity contribution in [3.63, 3.8) is 0 Å².